The van der Waals surface area contributed by atoms with Gasteiger partial charge < -0.3 is 19.7 Å². The zero-order chi connectivity index (χ0) is 16.7. The van der Waals surface area contributed by atoms with Gasteiger partial charge in [0.2, 0.25) is 0 Å². The number of aliphatic hydroxyl groups is 1. The number of hydrogen-bond donors (Lipinski definition) is 2. The Morgan fingerprint density at radius 1 is 1.23 bits per heavy atom. The molecule has 1 rings (SSSR count). The van der Waals surface area contributed by atoms with E-state index in [1.54, 1.807) is 32.2 Å². The largest absolute Gasteiger partial charge is 0.508 e. The number of ether oxygens (including phenoxy) is 2. The fourth-order valence-electron chi connectivity index (χ4n) is 2.55. The van der Waals surface area contributed by atoms with Gasteiger partial charge in [0.15, 0.2) is 0 Å². The molecular formula is C17H26O5. The molecular weight excluding hydrogens is 284 g/mol. The van der Waals surface area contributed by atoms with Crippen molar-refractivity contribution in [2.75, 3.05) is 14.2 Å². The molecule has 0 aliphatic heterocycles. The maximum absolute atomic E-state index is 11.5. The number of carbonyl (C=O) groups excluding carboxylic acids is 1. The molecule has 0 radical (unpaired) electrons. The fourth-order valence-corrected chi connectivity index (χ4v) is 2.55. The van der Waals surface area contributed by atoms with Crippen molar-refractivity contribution in [1.29, 1.82) is 0 Å². The van der Waals surface area contributed by atoms with Crippen LogP contribution >= 0.6 is 0 Å². The summed E-state index contributed by atoms with van der Waals surface area (Å²) in [5.74, 6) is -0.826. The molecule has 0 amide bonds. The van der Waals surface area contributed by atoms with E-state index in [1.165, 1.54) is 7.11 Å². The topological polar surface area (TPSA) is 76.0 Å². The standard InChI is InChI=1S/C17H26O5/c1-11(16(19)12(2)17(20)22-4)8-9-15(21-3)13-6-5-7-14(18)10-13/h5-7,10-12,15-16,18-19H,8-9H2,1-4H3/t11-,12+,15-,16+/m0/s1. The summed E-state index contributed by atoms with van der Waals surface area (Å²) < 4.78 is 10.1. The van der Waals surface area contributed by atoms with Gasteiger partial charge in [-0.2, -0.15) is 0 Å². The third-order valence-electron chi connectivity index (χ3n) is 4.08. The van der Waals surface area contributed by atoms with Crippen LogP contribution in [0.5, 0.6) is 5.75 Å². The smallest absolute Gasteiger partial charge is 0.311 e. The maximum Gasteiger partial charge on any atom is 0.311 e. The quantitative estimate of drug-likeness (QED) is 0.722. The van der Waals surface area contributed by atoms with E-state index in [2.05, 4.69) is 4.74 Å². The Morgan fingerprint density at radius 2 is 1.91 bits per heavy atom. The van der Waals surface area contributed by atoms with Crippen LogP contribution in [0.3, 0.4) is 0 Å². The Labute approximate surface area is 131 Å². The Kier molecular flexibility index (Phi) is 7.35. The summed E-state index contributed by atoms with van der Waals surface area (Å²) in [6.07, 6.45) is 0.465. The van der Waals surface area contributed by atoms with Crippen molar-refractivity contribution in [2.24, 2.45) is 11.8 Å². The number of rotatable bonds is 8. The predicted octanol–water partition coefficient (Wildman–Crippen LogP) is 2.67. The third-order valence-corrected chi connectivity index (χ3v) is 4.08. The highest BCUT2D eigenvalue weighted by Gasteiger charge is 2.28. The van der Waals surface area contributed by atoms with E-state index in [9.17, 15) is 15.0 Å². The van der Waals surface area contributed by atoms with E-state index >= 15 is 0 Å². The summed E-state index contributed by atoms with van der Waals surface area (Å²) >= 11 is 0. The van der Waals surface area contributed by atoms with E-state index < -0.39 is 18.0 Å². The minimum absolute atomic E-state index is 0.0657. The molecule has 0 heterocycles. The fraction of sp³-hybridized carbons (Fsp3) is 0.588. The van der Waals surface area contributed by atoms with Crippen LogP contribution in [-0.4, -0.2) is 36.5 Å². The first kappa shape index (κ1) is 18.5. The number of phenols is 1. The number of phenolic OH excluding ortho intramolecular Hbond substituents is 1. The molecule has 4 atom stereocenters. The second-order valence-corrected chi connectivity index (χ2v) is 5.68. The molecule has 22 heavy (non-hydrogen) atoms. The van der Waals surface area contributed by atoms with Gasteiger partial charge in [0.1, 0.15) is 5.75 Å². The van der Waals surface area contributed by atoms with Crippen LogP contribution in [0.25, 0.3) is 0 Å². The van der Waals surface area contributed by atoms with Crippen LogP contribution in [0.2, 0.25) is 0 Å². The lowest BCUT2D eigenvalue weighted by Crippen LogP contribution is -2.32. The molecule has 5 heteroatoms. The van der Waals surface area contributed by atoms with Crippen molar-refractivity contribution in [2.45, 2.75) is 38.9 Å². The minimum atomic E-state index is -0.755. The molecule has 0 fully saturated rings. The second kappa shape index (κ2) is 8.76. The Balaban J connectivity index is 2.61. The number of aliphatic hydroxyl groups excluding tert-OH is 1. The molecule has 0 aromatic heterocycles. The van der Waals surface area contributed by atoms with Gasteiger partial charge in [-0.25, -0.2) is 0 Å². The normalized spacial score (nSPS) is 16.6. The summed E-state index contributed by atoms with van der Waals surface area (Å²) in [4.78, 5) is 11.5. The monoisotopic (exact) mass is 310 g/mol. The summed E-state index contributed by atoms with van der Waals surface area (Å²) in [6, 6.07) is 6.95. The Morgan fingerprint density at radius 3 is 2.45 bits per heavy atom. The van der Waals surface area contributed by atoms with Crippen LogP contribution in [0, 0.1) is 11.8 Å². The minimum Gasteiger partial charge on any atom is -0.508 e. The first-order valence-electron chi connectivity index (χ1n) is 7.48. The number of benzene rings is 1. The highest BCUT2D eigenvalue weighted by atomic mass is 16.5. The zero-order valence-corrected chi connectivity index (χ0v) is 13.7. The van der Waals surface area contributed by atoms with Crippen molar-refractivity contribution in [3.63, 3.8) is 0 Å². The second-order valence-electron chi connectivity index (χ2n) is 5.68. The number of hydrogen-bond acceptors (Lipinski definition) is 5. The number of aromatic hydroxyl groups is 1. The molecule has 0 bridgehead atoms. The highest BCUT2D eigenvalue weighted by molar-refractivity contribution is 5.72. The van der Waals surface area contributed by atoms with Crippen molar-refractivity contribution in [3.8, 4) is 5.75 Å². The molecule has 0 spiro atoms. The lowest BCUT2D eigenvalue weighted by Gasteiger charge is -2.25. The predicted molar refractivity (Wildman–Crippen MR) is 83.4 cm³/mol. The molecule has 0 saturated carbocycles. The molecule has 0 aliphatic carbocycles. The molecule has 1 aromatic carbocycles. The summed E-state index contributed by atoms with van der Waals surface area (Å²) in [7, 11) is 2.94. The number of carbonyl (C=O) groups is 1. The van der Waals surface area contributed by atoms with Gasteiger partial charge in [0, 0.05) is 7.11 Å². The molecule has 2 N–H and O–H groups in total. The molecule has 5 nitrogen and oxygen atoms in total. The maximum atomic E-state index is 11.5. The third kappa shape index (κ3) is 5.00. The van der Waals surface area contributed by atoms with Crippen molar-refractivity contribution < 1.29 is 24.5 Å². The van der Waals surface area contributed by atoms with E-state index in [0.29, 0.717) is 12.8 Å². The molecule has 0 aliphatic rings. The summed E-state index contributed by atoms with van der Waals surface area (Å²) in [5, 5.41) is 19.7. The molecule has 1 aromatic rings. The lowest BCUT2D eigenvalue weighted by molar-refractivity contribution is -0.149. The molecule has 0 saturated heterocycles. The number of esters is 1. The van der Waals surface area contributed by atoms with Gasteiger partial charge in [-0.1, -0.05) is 19.1 Å². The van der Waals surface area contributed by atoms with Crippen molar-refractivity contribution in [1.82, 2.24) is 0 Å². The van der Waals surface area contributed by atoms with Gasteiger partial charge in [0.05, 0.1) is 25.2 Å². The zero-order valence-electron chi connectivity index (χ0n) is 13.7. The van der Waals surface area contributed by atoms with E-state index in [0.717, 1.165) is 5.56 Å². The van der Waals surface area contributed by atoms with Crippen LogP contribution in [-0.2, 0) is 14.3 Å². The van der Waals surface area contributed by atoms with Crippen LogP contribution in [0.1, 0.15) is 38.4 Å². The Hall–Kier alpha value is -1.59. The SMILES string of the molecule is COC(=O)[C@H](C)[C@H](O)[C@@H](C)CC[C@H](OC)c1cccc(O)c1. The molecule has 124 valence electrons. The average molecular weight is 310 g/mol. The van der Waals surface area contributed by atoms with Gasteiger partial charge >= 0.3 is 5.97 Å². The van der Waals surface area contributed by atoms with Gasteiger partial charge in [-0.3, -0.25) is 4.79 Å². The Bertz CT molecular complexity index is 474. The average Bonchev–Trinajstić information content (AvgIpc) is 2.53. The van der Waals surface area contributed by atoms with Gasteiger partial charge in [-0.05, 0) is 43.4 Å². The highest BCUT2D eigenvalue weighted by Crippen LogP contribution is 2.28. The van der Waals surface area contributed by atoms with E-state index in [4.69, 9.17) is 4.74 Å². The van der Waals surface area contributed by atoms with Gasteiger partial charge in [0.25, 0.3) is 0 Å². The van der Waals surface area contributed by atoms with E-state index in [-0.39, 0.29) is 17.8 Å². The first-order chi connectivity index (χ1) is 10.4. The van der Waals surface area contributed by atoms with Crippen LogP contribution < -0.4 is 0 Å². The lowest BCUT2D eigenvalue weighted by atomic mass is 9.88. The van der Waals surface area contributed by atoms with Crippen molar-refractivity contribution >= 4 is 5.97 Å². The summed E-state index contributed by atoms with van der Waals surface area (Å²) in [5.41, 5.74) is 0.894. The van der Waals surface area contributed by atoms with Crippen molar-refractivity contribution in [3.05, 3.63) is 29.8 Å². The van der Waals surface area contributed by atoms with Crippen LogP contribution in [0.15, 0.2) is 24.3 Å². The number of methoxy groups -OCH3 is 2. The van der Waals surface area contributed by atoms with Gasteiger partial charge in [-0.15, -0.1) is 0 Å². The molecule has 0 unspecified atom stereocenters. The van der Waals surface area contributed by atoms with Crippen LogP contribution in [0.4, 0.5) is 0 Å². The summed E-state index contributed by atoms with van der Waals surface area (Å²) in [6.45, 7) is 3.56. The first-order valence-corrected chi connectivity index (χ1v) is 7.48. The van der Waals surface area contributed by atoms with E-state index in [1.807, 2.05) is 13.0 Å².